The summed E-state index contributed by atoms with van der Waals surface area (Å²) in [7, 11) is 0. The third-order valence-electron chi connectivity index (χ3n) is 4.01. The molecule has 20 heavy (non-hydrogen) atoms. The van der Waals surface area contributed by atoms with Crippen molar-refractivity contribution in [1.29, 1.82) is 0 Å². The van der Waals surface area contributed by atoms with E-state index in [-0.39, 0.29) is 18.4 Å². The van der Waals surface area contributed by atoms with E-state index >= 15 is 0 Å². The van der Waals surface area contributed by atoms with Crippen molar-refractivity contribution in [3.8, 4) is 0 Å². The fourth-order valence-electron chi connectivity index (χ4n) is 2.15. The van der Waals surface area contributed by atoms with E-state index < -0.39 is 11.4 Å². The highest BCUT2D eigenvalue weighted by molar-refractivity contribution is 6.02. The number of carboxylic acids is 1. The van der Waals surface area contributed by atoms with Crippen LogP contribution in [0.3, 0.4) is 0 Å². The number of hydrogen-bond acceptors (Lipinski definition) is 2. The maximum absolute atomic E-state index is 12.2. The number of nitrogens with one attached hydrogen (secondary N) is 1. The molecular weight excluding hydrogens is 254 g/mol. The first-order valence-corrected chi connectivity index (χ1v) is 6.93. The highest BCUT2D eigenvalue weighted by Crippen LogP contribution is 2.27. The van der Waals surface area contributed by atoms with Crippen LogP contribution < -0.4 is 5.32 Å². The standard InChI is InChI=1S/C16H21NO3/c1-10-4-5-12(8-11(10)2)9-16(3,15(19)20)14(18)17-13-6-7-13/h4-5,8,13H,6-7,9H2,1-3H3,(H,17,18)(H,19,20). The smallest absolute Gasteiger partial charge is 0.319 e. The molecule has 2 rings (SSSR count). The van der Waals surface area contributed by atoms with Crippen molar-refractivity contribution in [2.24, 2.45) is 5.41 Å². The van der Waals surface area contributed by atoms with E-state index in [4.69, 9.17) is 0 Å². The highest BCUT2D eigenvalue weighted by Gasteiger charge is 2.43. The van der Waals surface area contributed by atoms with Crippen molar-refractivity contribution in [1.82, 2.24) is 5.32 Å². The highest BCUT2D eigenvalue weighted by atomic mass is 16.4. The van der Waals surface area contributed by atoms with Crippen LogP contribution in [0.2, 0.25) is 0 Å². The van der Waals surface area contributed by atoms with Crippen LogP contribution in [0.4, 0.5) is 0 Å². The molecule has 1 amide bonds. The molecule has 2 N–H and O–H groups in total. The summed E-state index contributed by atoms with van der Waals surface area (Å²) in [6.07, 6.45) is 2.11. The predicted molar refractivity (Wildman–Crippen MR) is 76.5 cm³/mol. The average molecular weight is 275 g/mol. The van der Waals surface area contributed by atoms with Gasteiger partial charge in [0.2, 0.25) is 5.91 Å². The predicted octanol–water partition coefficient (Wildman–Crippen LogP) is 2.22. The normalized spacial score (nSPS) is 17.4. The van der Waals surface area contributed by atoms with E-state index in [2.05, 4.69) is 5.32 Å². The molecule has 0 spiro atoms. The number of amides is 1. The average Bonchev–Trinajstić information content (AvgIpc) is 3.17. The monoisotopic (exact) mass is 275 g/mol. The molecule has 1 saturated carbocycles. The third kappa shape index (κ3) is 3.00. The van der Waals surface area contributed by atoms with E-state index in [0.717, 1.165) is 29.5 Å². The first kappa shape index (κ1) is 14.6. The van der Waals surface area contributed by atoms with Gasteiger partial charge in [-0.1, -0.05) is 18.2 Å². The Bertz CT molecular complexity index is 549. The molecule has 1 fully saturated rings. The lowest BCUT2D eigenvalue weighted by Gasteiger charge is -2.24. The van der Waals surface area contributed by atoms with Gasteiger partial charge in [-0.15, -0.1) is 0 Å². The Hall–Kier alpha value is -1.84. The quantitative estimate of drug-likeness (QED) is 0.810. The van der Waals surface area contributed by atoms with Crippen LogP contribution in [0.1, 0.15) is 36.5 Å². The minimum absolute atomic E-state index is 0.168. The minimum Gasteiger partial charge on any atom is -0.480 e. The molecule has 1 aliphatic carbocycles. The van der Waals surface area contributed by atoms with Crippen LogP contribution in [0.15, 0.2) is 18.2 Å². The fraction of sp³-hybridized carbons (Fsp3) is 0.500. The van der Waals surface area contributed by atoms with Gasteiger partial charge in [-0.25, -0.2) is 0 Å². The maximum atomic E-state index is 12.2. The number of carbonyl (C=O) groups excluding carboxylic acids is 1. The summed E-state index contributed by atoms with van der Waals surface area (Å²) < 4.78 is 0. The lowest BCUT2D eigenvalue weighted by molar-refractivity contribution is -0.154. The largest absolute Gasteiger partial charge is 0.480 e. The molecule has 0 heterocycles. The van der Waals surface area contributed by atoms with Crippen molar-refractivity contribution in [2.45, 2.75) is 46.1 Å². The molecule has 1 aromatic carbocycles. The van der Waals surface area contributed by atoms with Crippen LogP contribution in [-0.4, -0.2) is 23.0 Å². The lowest BCUT2D eigenvalue weighted by Crippen LogP contribution is -2.46. The first-order valence-electron chi connectivity index (χ1n) is 6.93. The first-order chi connectivity index (χ1) is 9.33. The third-order valence-corrected chi connectivity index (χ3v) is 4.01. The van der Waals surface area contributed by atoms with Gasteiger partial charge in [0.25, 0.3) is 0 Å². The summed E-state index contributed by atoms with van der Waals surface area (Å²) >= 11 is 0. The fourth-order valence-corrected chi connectivity index (χ4v) is 2.15. The number of aliphatic carboxylic acids is 1. The summed E-state index contributed by atoms with van der Waals surface area (Å²) in [5.74, 6) is -1.46. The number of aryl methyl sites for hydroxylation is 2. The molecule has 0 aromatic heterocycles. The summed E-state index contributed by atoms with van der Waals surface area (Å²) in [5, 5.41) is 12.3. The number of carbonyl (C=O) groups is 2. The second-order valence-electron chi connectivity index (χ2n) is 5.98. The van der Waals surface area contributed by atoms with E-state index in [1.807, 2.05) is 32.0 Å². The molecule has 0 radical (unpaired) electrons. The Kier molecular flexibility index (Phi) is 3.84. The second-order valence-corrected chi connectivity index (χ2v) is 5.98. The van der Waals surface area contributed by atoms with Crippen LogP contribution in [-0.2, 0) is 16.0 Å². The van der Waals surface area contributed by atoms with Gasteiger partial charge in [0, 0.05) is 6.04 Å². The molecule has 4 heteroatoms. The van der Waals surface area contributed by atoms with Gasteiger partial charge < -0.3 is 10.4 Å². The van der Waals surface area contributed by atoms with Gasteiger partial charge in [0.15, 0.2) is 0 Å². The van der Waals surface area contributed by atoms with Crippen molar-refractivity contribution < 1.29 is 14.7 Å². The molecule has 0 aliphatic heterocycles. The summed E-state index contributed by atoms with van der Waals surface area (Å²) in [6.45, 7) is 5.50. The van der Waals surface area contributed by atoms with Crippen LogP contribution in [0, 0.1) is 19.3 Å². The van der Waals surface area contributed by atoms with Gasteiger partial charge >= 0.3 is 5.97 Å². The Balaban J connectivity index is 2.20. The van der Waals surface area contributed by atoms with E-state index in [9.17, 15) is 14.7 Å². The molecular formula is C16H21NO3. The zero-order chi connectivity index (χ0) is 14.9. The molecule has 1 aromatic rings. The van der Waals surface area contributed by atoms with Crippen molar-refractivity contribution >= 4 is 11.9 Å². The Morgan fingerprint density at radius 1 is 1.30 bits per heavy atom. The lowest BCUT2D eigenvalue weighted by atomic mass is 9.82. The van der Waals surface area contributed by atoms with Gasteiger partial charge in [-0.05, 0) is 56.7 Å². The summed E-state index contributed by atoms with van der Waals surface area (Å²) in [6, 6.07) is 5.99. The number of carboxylic acid groups (broad SMARTS) is 1. The van der Waals surface area contributed by atoms with Crippen molar-refractivity contribution in [2.75, 3.05) is 0 Å². The Labute approximate surface area is 119 Å². The van der Waals surface area contributed by atoms with Gasteiger partial charge in [-0.3, -0.25) is 9.59 Å². The van der Waals surface area contributed by atoms with Crippen LogP contribution in [0.25, 0.3) is 0 Å². The molecule has 0 saturated heterocycles. The SMILES string of the molecule is Cc1ccc(CC(C)(C(=O)O)C(=O)NC2CC2)cc1C. The van der Waals surface area contributed by atoms with Gasteiger partial charge in [0.05, 0.1) is 0 Å². The molecule has 108 valence electrons. The molecule has 0 bridgehead atoms. The Morgan fingerprint density at radius 3 is 2.45 bits per heavy atom. The minimum atomic E-state index is -1.41. The summed E-state index contributed by atoms with van der Waals surface area (Å²) in [5.41, 5.74) is 1.74. The molecule has 4 nitrogen and oxygen atoms in total. The number of hydrogen-bond donors (Lipinski definition) is 2. The molecule has 1 unspecified atom stereocenters. The van der Waals surface area contributed by atoms with Gasteiger partial charge in [0.1, 0.15) is 5.41 Å². The van der Waals surface area contributed by atoms with Crippen molar-refractivity contribution in [3.05, 3.63) is 34.9 Å². The zero-order valence-corrected chi connectivity index (χ0v) is 12.2. The van der Waals surface area contributed by atoms with Crippen LogP contribution >= 0.6 is 0 Å². The molecule has 1 atom stereocenters. The van der Waals surface area contributed by atoms with Crippen LogP contribution in [0.5, 0.6) is 0 Å². The van der Waals surface area contributed by atoms with E-state index in [1.165, 1.54) is 6.92 Å². The second kappa shape index (κ2) is 5.27. The Morgan fingerprint density at radius 2 is 1.95 bits per heavy atom. The van der Waals surface area contributed by atoms with Crippen molar-refractivity contribution in [3.63, 3.8) is 0 Å². The molecule has 1 aliphatic rings. The van der Waals surface area contributed by atoms with E-state index in [0.29, 0.717) is 0 Å². The van der Waals surface area contributed by atoms with Gasteiger partial charge in [-0.2, -0.15) is 0 Å². The maximum Gasteiger partial charge on any atom is 0.319 e. The zero-order valence-electron chi connectivity index (χ0n) is 12.2. The summed E-state index contributed by atoms with van der Waals surface area (Å²) in [4.78, 5) is 23.8. The topological polar surface area (TPSA) is 66.4 Å². The van der Waals surface area contributed by atoms with E-state index in [1.54, 1.807) is 0 Å². The number of benzene rings is 1. The number of rotatable bonds is 5.